The lowest BCUT2D eigenvalue weighted by molar-refractivity contribution is -0.120. The Labute approximate surface area is 155 Å². The molecule has 136 valence electrons. The Balaban J connectivity index is 1.52. The quantitative estimate of drug-likeness (QED) is 0.777. The Morgan fingerprint density at radius 3 is 2.89 bits per heavy atom. The molecule has 27 heavy (non-hydrogen) atoms. The topological polar surface area (TPSA) is 75.9 Å². The van der Waals surface area contributed by atoms with Gasteiger partial charge in [0.1, 0.15) is 5.82 Å². The maximum absolute atomic E-state index is 13.0. The van der Waals surface area contributed by atoms with Gasteiger partial charge in [-0.05, 0) is 37.1 Å². The monoisotopic (exact) mass is 362 g/mol. The lowest BCUT2D eigenvalue weighted by Gasteiger charge is -2.27. The van der Waals surface area contributed by atoms with Crippen molar-refractivity contribution >= 4 is 28.7 Å². The molecule has 2 amide bonds. The standard InChI is InChI=1S/C20H18N4O3/c1-23-15-7-4-5-13(18(15)27-11-16(23)25)21-20(26)17-14-6-2-3-10-24(14)19(22-17)12-8-9-12/h2-7,10,12H,8-9,11H2,1H3,(H,21,26). The number of fused-ring (bicyclic) bond motifs is 2. The fraction of sp³-hybridized carbons (Fsp3) is 0.250. The lowest BCUT2D eigenvalue weighted by atomic mass is 10.2. The summed E-state index contributed by atoms with van der Waals surface area (Å²) >= 11 is 0. The van der Waals surface area contributed by atoms with Crippen molar-refractivity contribution in [3.8, 4) is 5.75 Å². The number of hydrogen-bond donors (Lipinski definition) is 1. The molecular weight excluding hydrogens is 344 g/mol. The second-order valence-corrected chi connectivity index (χ2v) is 6.90. The number of carbonyl (C=O) groups excluding carboxylic acids is 2. The van der Waals surface area contributed by atoms with Gasteiger partial charge in [-0.15, -0.1) is 0 Å². The second kappa shape index (κ2) is 5.84. The Hall–Kier alpha value is -3.35. The van der Waals surface area contributed by atoms with Crippen molar-refractivity contribution in [2.75, 3.05) is 23.9 Å². The van der Waals surface area contributed by atoms with Crippen LogP contribution in [0.3, 0.4) is 0 Å². The molecule has 0 saturated heterocycles. The summed E-state index contributed by atoms with van der Waals surface area (Å²) in [4.78, 5) is 31.0. The minimum atomic E-state index is -0.290. The first kappa shape index (κ1) is 15.9. The van der Waals surface area contributed by atoms with Gasteiger partial charge in [0.15, 0.2) is 18.1 Å². The number of pyridine rings is 1. The molecule has 0 bridgehead atoms. The Kier molecular flexibility index (Phi) is 3.43. The molecule has 1 aliphatic heterocycles. The number of nitrogens with one attached hydrogen (secondary N) is 1. The molecule has 0 spiro atoms. The number of hydrogen-bond acceptors (Lipinski definition) is 4. The predicted molar refractivity (Wildman–Crippen MR) is 100 cm³/mol. The Morgan fingerprint density at radius 1 is 1.22 bits per heavy atom. The first-order valence-corrected chi connectivity index (χ1v) is 8.94. The number of aromatic nitrogens is 2. The third-order valence-corrected chi connectivity index (χ3v) is 5.05. The zero-order valence-corrected chi connectivity index (χ0v) is 14.8. The van der Waals surface area contributed by atoms with Crippen molar-refractivity contribution in [3.05, 3.63) is 54.1 Å². The van der Waals surface area contributed by atoms with Gasteiger partial charge in [0.25, 0.3) is 11.8 Å². The van der Waals surface area contributed by atoms with Crippen LogP contribution in [-0.2, 0) is 4.79 Å². The van der Waals surface area contributed by atoms with Crippen LogP contribution in [0.25, 0.3) is 5.52 Å². The molecule has 2 aliphatic rings. The zero-order chi connectivity index (χ0) is 18.5. The van der Waals surface area contributed by atoms with Crippen molar-refractivity contribution < 1.29 is 14.3 Å². The number of imidazole rings is 1. The van der Waals surface area contributed by atoms with Gasteiger partial charge < -0.3 is 19.4 Å². The van der Waals surface area contributed by atoms with E-state index in [1.807, 2.05) is 28.8 Å². The average molecular weight is 362 g/mol. The molecule has 1 N–H and O–H groups in total. The van der Waals surface area contributed by atoms with E-state index in [0.29, 0.717) is 28.7 Å². The fourth-order valence-electron chi connectivity index (χ4n) is 3.44. The molecule has 7 heteroatoms. The fourth-order valence-corrected chi connectivity index (χ4v) is 3.44. The van der Waals surface area contributed by atoms with Crippen molar-refractivity contribution in [3.63, 3.8) is 0 Å². The summed E-state index contributed by atoms with van der Waals surface area (Å²) in [6.07, 6.45) is 4.16. The largest absolute Gasteiger partial charge is 0.479 e. The summed E-state index contributed by atoms with van der Waals surface area (Å²) in [5, 5.41) is 2.91. The molecule has 0 atom stereocenters. The highest BCUT2D eigenvalue weighted by atomic mass is 16.5. The van der Waals surface area contributed by atoms with E-state index in [4.69, 9.17) is 4.74 Å². The third kappa shape index (κ3) is 2.54. The van der Waals surface area contributed by atoms with Gasteiger partial charge in [-0.25, -0.2) is 4.98 Å². The van der Waals surface area contributed by atoms with Gasteiger partial charge in [-0.1, -0.05) is 12.1 Å². The first-order valence-electron chi connectivity index (χ1n) is 8.94. The summed E-state index contributed by atoms with van der Waals surface area (Å²) < 4.78 is 7.58. The van der Waals surface area contributed by atoms with Crippen LogP contribution in [0, 0.1) is 0 Å². The van der Waals surface area contributed by atoms with Crippen LogP contribution < -0.4 is 15.0 Å². The van der Waals surface area contributed by atoms with Crippen LogP contribution in [-0.4, -0.2) is 34.9 Å². The highest BCUT2D eigenvalue weighted by Gasteiger charge is 2.31. The van der Waals surface area contributed by atoms with Crippen molar-refractivity contribution in [2.24, 2.45) is 0 Å². The lowest BCUT2D eigenvalue weighted by Crippen LogP contribution is -2.35. The van der Waals surface area contributed by atoms with E-state index in [1.54, 1.807) is 25.2 Å². The normalized spacial score (nSPS) is 16.2. The molecule has 5 rings (SSSR count). The van der Waals surface area contributed by atoms with Crippen molar-refractivity contribution in [1.82, 2.24) is 9.38 Å². The van der Waals surface area contributed by atoms with E-state index >= 15 is 0 Å². The number of para-hydroxylation sites is 1. The van der Waals surface area contributed by atoms with E-state index in [-0.39, 0.29) is 18.4 Å². The molecular formula is C20H18N4O3. The number of amides is 2. The van der Waals surface area contributed by atoms with E-state index in [0.717, 1.165) is 24.2 Å². The minimum Gasteiger partial charge on any atom is -0.479 e. The van der Waals surface area contributed by atoms with Gasteiger partial charge in [-0.2, -0.15) is 0 Å². The molecule has 3 heterocycles. The van der Waals surface area contributed by atoms with Gasteiger partial charge in [0.2, 0.25) is 0 Å². The summed E-state index contributed by atoms with van der Waals surface area (Å²) in [6.45, 7) is -0.0460. The summed E-state index contributed by atoms with van der Waals surface area (Å²) in [7, 11) is 1.69. The SMILES string of the molecule is CN1C(=O)COc2c(NC(=O)c3nc(C4CC4)n4ccccc34)cccc21. The maximum Gasteiger partial charge on any atom is 0.276 e. The number of ether oxygens (including phenoxy) is 1. The highest BCUT2D eigenvalue weighted by Crippen LogP contribution is 2.41. The van der Waals surface area contributed by atoms with Crippen LogP contribution in [0.1, 0.15) is 35.1 Å². The molecule has 1 saturated carbocycles. The van der Waals surface area contributed by atoms with Crippen molar-refractivity contribution in [2.45, 2.75) is 18.8 Å². The molecule has 1 fully saturated rings. The summed E-state index contributed by atoms with van der Waals surface area (Å²) in [5.41, 5.74) is 2.35. The summed E-state index contributed by atoms with van der Waals surface area (Å²) in [5.74, 6) is 1.45. The molecule has 3 aromatic rings. The van der Waals surface area contributed by atoms with Crippen LogP contribution in [0.5, 0.6) is 5.75 Å². The molecule has 1 aromatic carbocycles. The number of likely N-dealkylation sites (N-methyl/N-ethyl adjacent to an activating group) is 1. The average Bonchev–Trinajstić information content (AvgIpc) is 3.45. The molecule has 0 unspecified atom stereocenters. The third-order valence-electron chi connectivity index (χ3n) is 5.05. The second-order valence-electron chi connectivity index (χ2n) is 6.90. The van der Waals surface area contributed by atoms with Gasteiger partial charge in [0.05, 0.1) is 16.9 Å². The molecule has 1 aliphatic carbocycles. The van der Waals surface area contributed by atoms with E-state index in [9.17, 15) is 9.59 Å². The highest BCUT2D eigenvalue weighted by molar-refractivity contribution is 6.09. The first-order chi connectivity index (χ1) is 13.1. The smallest absolute Gasteiger partial charge is 0.276 e. The van der Waals surface area contributed by atoms with Crippen molar-refractivity contribution in [1.29, 1.82) is 0 Å². The molecule has 2 aromatic heterocycles. The van der Waals surface area contributed by atoms with E-state index in [1.165, 1.54) is 4.90 Å². The molecule has 7 nitrogen and oxygen atoms in total. The van der Waals surface area contributed by atoms with Gasteiger partial charge >= 0.3 is 0 Å². The van der Waals surface area contributed by atoms with Crippen LogP contribution in [0.15, 0.2) is 42.6 Å². The maximum atomic E-state index is 13.0. The number of carbonyl (C=O) groups is 2. The minimum absolute atomic E-state index is 0.0460. The number of nitrogens with zero attached hydrogens (tertiary/aromatic N) is 3. The molecule has 0 radical (unpaired) electrons. The summed E-state index contributed by atoms with van der Waals surface area (Å²) in [6, 6.07) is 11.1. The zero-order valence-electron chi connectivity index (χ0n) is 14.8. The number of rotatable bonds is 3. The van der Waals surface area contributed by atoms with E-state index < -0.39 is 0 Å². The van der Waals surface area contributed by atoms with E-state index in [2.05, 4.69) is 10.3 Å². The predicted octanol–water partition coefficient (Wildman–Crippen LogP) is 2.82. The van der Waals surface area contributed by atoms with Crippen LogP contribution in [0.4, 0.5) is 11.4 Å². The van der Waals surface area contributed by atoms with Gasteiger partial charge in [0, 0.05) is 19.2 Å². The van der Waals surface area contributed by atoms with Gasteiger partial charge in [-0.3, -0.25) is 9.59 Å². The number of anilines is 2. The van der Waals surface area contributed by atoms with Crippen LogP contribution >= 0.6 is 0 Å². The Morgan fingerprint density at radius 2 is 2.07 bits per heavy atom. The number of benzene rings is 1. The Bertz CT molecular complexity index is 1080. The van der Waals surface area contributed by atoms with Crippen LogP contribution in [0.2, 0.25) is 0 Å².